The van der Waals surface area contributed by atoms with Crippen LogP contribution in [0.5, 0.6) is 0 Å². The van der Waals surface area contributed by atoms with Crippen molar-refractivity contribution in [3.8, 4) is 0 Å². The number of aryl methyl sites for hydroxylation is 1. The second kappa shape index (κ2) is 5.88. The molecule has 1 saturated carbocycles. The van der Waals surface area contributed by atoms with Crippen molar-refractivity contribution in [3.05, 3.63) is 40.1 Å². The summed E-state index contributed by atoms with van der Waals surface area (Å²) in [5.74, 6) is 0. The fourth-order valence-electron chi connectivity index (χ4n) is 2.23. The molecule has 3 rings (SSSR count). The second-order valence-corrected chi connectivity index (χ2v) is 6.21. The van der Waals surface area contributed by atoms with E-state index in [0.717, 1.165) is 25.6 Å². The minimum absolute atomic E-state index is 0.763. The van der Waals surface area contributed by atoms with E-state index >= 15 is 0 Å². The van der Waals surface area contributed by atoms with Gasteiger partial charge in [0.05, 0.1) is 17.2 Å². The average Bonchev–Trinajstić information content (AvgIpc) is 2.97. The minimum Gasteiger partial charge on any atom is -0.344 e. The molecule has 1 aliphatic carbocycles. The molecule has 19 heavy (non-hydrogen) atoms. The van der Waals surface area contributed by atoms with Crippen LogP contribution in [0.1, 0.15) is 42.6 Å². The summed E-state index contributed by atoms with van der Waals surface area (Å²) in [5, 5.41) is 7.04. The molecule has 0 saturated heterocycles. The van der Waals surface area contributed by atoms with Crippen LogP contribution >= 0.6 is 11.3 Å². The summed E-state index contributed by atoms with van der Waals surface area (Å²) in [6, 6.07) is 5.09. The third kappa shape index (κ3) is 3.45. The number of aromatic nitrogens is 2. The lowest BCUT2D eigenvalue weighted by molar-refractivity contribution is 0.631. The number of nitrogens with one attached hydrogen (secondary N) is 1. The molecule has 0 aliphatic heterocycles. The molecule has 1 N–H and O–H groups in total. The largest absolute Gasteiger partial charge is 0.344 e. The Morgan fingerprint density at radius 2 is 2.37 bits per heavy atom. The molecule has 0 radical (unpaired) electrons. The number of thiazole rings is 1. The summed E-state index contributed by atoms with van der Waals surface area (Å²) in [6.07, 6.45) is 7.11. The summed E-state index contributed by atoms with van der Waals surface area (Å²) >= 11 is 1.79. The Morgan fingerprint density at radius 3 is 3.16 bits per heavy atom. The highest BCUT2D eigenvalue weighted by molar-refractivity contribution is 7.09. The molecule has 3 nitrogen and oxygen atoms in total. The van der Waals surface area contributed by atoms with Crippen LogP contribution in [0, 0.1) is 0 Å². The highest BCUT2D eigenvalue weighted by Crippen LogP contribution is 2.20. The lowest BCUT2D eigenvalue weighted by Crippen LogP contribution is -2.18. The van der Waals surface area contributed by atoms with Crippen molar-refractivity contribution < 1.29 is 0 Å². The van der Waals surface area contributed by atoms with E-state index in [9.17, 15) is 0 Å². The molecule has 0 atom stereocenters. The first-order valence-corrected chi connectivity index (χ1v) is 8.04. The van der Waals surface area contributed by atoms with Crippen molar-refractivity contribution in [2.45, 2.75) is 51.7 Å². The van der Waals surface area contributed by atoms with Gasteiger partial charge in [0, 0.05) is 29.9 Å². The lowest BCUT2D eigenvalue weighted by atomic mass is 10.3. The highest BCUT2D eigenvalue weighted by atomic mass is 32.1. The van der Waals surface area contributed by atoms with Gasteiger partial charge >= 0.3 is 0 Å². The molecule has 2 heterocycles. The SMILES string of the molecule is CCCc1nc(Cn2cccc2CNC2CC2)cs1. The van der Waals surface area contributed by atoms with Crippen LogP contribution in [-0.4, -0.2) is 15.6 Å². The normalized spacial score (nSPS) is 15.0. The van der Waals surface area contributed by atoms with E-state index in [-0.39, 0.29) is 0 Å². The lowest BCUT2D eigenvalue weighted by Gasteiger charge is -2.08. The van der Waals surface area contributed by atoms with Gasteiger partial charge in [-0.15, -0.1) is 11.3 Å². The zero-order chi connectivity index (χ0) is 13.1. The number of hydrogen-bond acceptors (Lipinski definition) is 3. The first-order chi connectivity index (χ1) is 9.35. The molecular formula is C15H21N3S. The van der Waals surface area contributed by atoms with Crippen LogP contribution < -0.4 is 5.32 Å². The molecule has 2 aromatic rings. The third-order valence-corrected chi connectivity index (χ3v) is 4.43. The maximum absolute atomic E-state index is 4.70. The second-order valence-electron chi connectivity index (χ2n) is 5.27. The quantitative estimate of drug-likeness (QED) is 0.841. The monoisotopic (exact) mass is 275 g/mol. The zero-order valence-corrected chi connectivity index (χ0v) is 12.2. The van der Waals surface area contributed by atoms with E-state index in [0.29, 0.717) is 0 Å². The van der Waals surface area contributed by atoms with Gasteiger partial charge < -0.3 is 9.88 Å². The molecule has 2 aromatic heterocycles. The van der Waals surface area contributed by atoms with E-state index in [1.54, 1.807) is 11.3 Å². The predicted molar refractivity (Wildman–Crippen MR) is 79.5 cm³/mol. The molecular weight excluding hydrogens is 254 g/mol. The van der Waals surface area contributed by atoms with Crippen LogP contribution in [0.4, 0.5) is 0 Å². The van der Waals surface area contributed by atoms with E-state index < -0.39 is 0 Å². The van der Waals surface area contributed by atoms with Crippen LogP contribution in [0.3, 0.4) is 0 Å². The topological polar surface area (TPSA) is 29.9 Å². The van der Waals surface area contributed by atoms with E-state index in [1.165, 1.54) is 35.7 Å². The number of nitrogens with zero attached hydrogens (tertiary/aromatic N) is 2. The molecule has 0 unspecified atom stereocenters. The van der Waals surface area contributed by atoms with E-state index in [2.05, 4.69) is 40.5 Å². The Labute approximate surface area is 118 Å². The highest BCUT2D eigenvalue weighted by Gasteiger charge is 2.20. The molecule has 0 aromatic carbocycles. The molecule has 1 fully saturated rings. The van der Waals surface area contributed by atoms with Crippen molar-refractivity contribution in [2.75, 3.05) is 0 Å². The van der Waals surface area contributed by atoms with Gasteiger partial charge in [0.1, 0.15) is 0 Å². The maximum atomic E-state index is 4.70. The van der Waals surface area contributed by atoms with Crippen LogP contribution in [0.15, 0.2) is 23.7 Å². The fourth-order valence-corrected chi connectivity index (χ4v) is 3.12. The van der Waals surface area contributed by atoms with Gasteiger partial charge in [0.15, 0.2) is 0 Å². The number of hydrogen-bond donors (Lipinski definition) is 1. The first kappa shape index (κ1) is 12.9. The Bertz CT molecular complexity index is 525. The van der Waals surface area contributed by atoms with Crippen molar-refractivity contribution in [1.29, 1.82) is 0 Å². The van der Waals surface area contributed by atoms with E-state index in [4.69, 9.17) is 4.98 Å². The van der Waals surface area contributed by atoms with Crippen molar-refractivity contribution >= 4 is 11.3 Å². The standard InChI is InChI=1S/C15H21N3S/c1-2-4-15-17-13(11-19-15)10-18-8-3-5-14(18)9-16-12-6-7-12/h3,5,8,11-12,16H,2,4,6-7,9-10H2,1H3. The van der Waals surface area contributed by atoms with Gasteiger partial charge in [0.2, 0.25) is 0 Å². The molecule has 102 valence electrons. The fraction of sp³-hybridized carbons (Fsp3) is 0.533. The summed E-state index contributed by atoms with van der Waals surface area (Å²) < 4.78 is 2.31. The van der Waals surface area contributed by atoms with Crippen LogP contribution in [0.2, 0.25) is 0 Å². The summed E-state index contributed by atoms with van der Waals surface area (Å²) in [4.78, 5) is 4.70. The van der Waals surface area contributed by atoms with Gasteiger partial charge in [-0.1, -0.05) is 6.92 Å². The van der Waals surface area contributed by atoms with Gasteiger partial charge in [-0.25, -0.2) is 4.98 Å². The van der Waals surface area contributed by atoms with Crippen LogP contribution in [0.25, 0.3) is 0 Å². The van der Waals surface area contributed by atoms with Crippen LogP contribution in [-0.2, 0) is 19.5 Å². The minimum atomic E-state index is 0.763. The predicted octanol–water partition coefficient (Wildman–Crippen LogP) is 3.20. The average molecular weight is 275 g/mol. The molecule has 0 spiro atoms. The van der Waals surface area contributed by atoms with Crippen molar-refractivity contribution in [1.82, 2.24) is 14.9 Å². The Hall–Kier alpha value is -1.13. The smallest absolute Gasteiger partial charge is 0.0928 e. The summed E-state index contributed by atoms with van der Waals surface area (Å²) in [5.41, 5.74) is 2.55. The Morgan fingerprint density at radius 1 is 1.47 bits per heavy atom. The summed E-state index contributed by atoms with van der Waals surface area (Å²) in [7, 11) is 0. The van der Waals surface area contributed by atoms with Gasteiger partial charge in [0.25, 0.3) is 0 Å². The third-order valence-electron chi connectivity index (χ3n) is 3.47. The Kier molecular flexibility index (Phi) is 3.99. The summed E-state index contributed by atoms with van der Waals surface area (Å²) in [6.45, 7) is 4.08. The molecule has 0 amide bonds. The number of rotatable bonds is 7. The molecule has 0 bridgehead atoms. The molecule has 1 aliphatic rings. The van der Waals surface area contributed by atoms with Crippen molar-refractivity contribution in [2.24, 2.45) is 0 Å². The van der Waals surface area contributed by atoms with Gasteiger partial charge in [-0.3, -0.25) is 0 Å². The van der Waals surface area contributed by atoms with E-state index in [1.807, 2.05) is 0 Å². The van der Waals surface area contributed by atoms with Gasteiger partial charge in [-0.05, 0) is 37.8 Å². The van der Waals surface area contributed by atoms with Gasteiger partial charge in [-0.2, -0.15) is 0 Å². The maximum Gasteiger partial charge on any atom is 0.0928 e. The zero-order valence-electron chi connectivity index (χ0n) is 11.4. The first-order valence-electron chi connectivity index (χ1n) is 7.16. The van der Waals surface area contributed by atoms with Crippen molar-refractivity contribution in [3.63, 3.8) is 0 Å². The Balaban J connectivity index is 1.62. The molecule has 4 heteroatoms.